The summed E-state index contributed by atoms with van der Waals surface area (Å²) in [6, 6.07) is 7.48. The third kappa shape index (κ3) is 6.63. The second kappa shape index (κ2) is 10.8. The molecule has 2 aromatic rings. The zero-order chi connectivity index (χ0) is 20.5. The molecule has 1 aromatic heterocycles. The predicted molar refractivity (Wildman–Crippen MR) is 102 cm³/mol. The van der Waals surface area contributed by atoms with Crippen LogP contribution in [0, 0.1) is 6.92 Å². The number of oxazole rings is 1. The maximum absolute atomic E-state index is 11.1. The smallest absolute Gasteiger partial charge is 0.343 e. The van der Waals surface area contributed by atoms with Crippen LogP contribution in [0.3, 0.4) is 0 Å². The van der Waals surface area contributed by atoms with Gasteiger partial charge in [0.05, 0.1) is 13.7 Å². The van der Waals surface area contributed by atoms with Crippen LogP contribution in [-0.2, 0) is 9.53 Å². The highest BCUT2D eigenvalue weighted by Crippen LogP contribution is 2.22. The van der Waals surface area contributed by atoms with Gasteiger partial charge in [-0.3, -0.25) is 4.90 Å². The van der Waals surface area contributed by atoms with E-state index in [2.05, 4.69) is 16.6 Å². The van der Waals surface area contributed by atoms with Crippen LogP contribution in [0.1, 0.15) is 36.1 Å². The van der Waals surface area contributed by atoms with E-state index in [0.717, 1.165) is 5.56 Å². The van der Waals surface area contributed by atoms with E-state index >= 15 is 0 Å². The zero-order valence-electron chi connectivity index (χ0n) is 16.5. The Morgan fingerprint density at radius 2 is 2.00 bits per heavy atom. The molecule has 2 N–H and O–H groups in total. The summed E-state index contributed by atoms with van der Waals surface area (Å²) in [5, 5.41) is 19.7. The van der Waals surface area contributed by atoms with Crippen molar-refractivity contribution in [1.82, 2.24) is 9.88 Å². The number of nitrogens with zero attached hydrogens (tertiary/aromatic N) is 2. The summed E-state index contributed by atoms with van der Waals surface area (Å²) < 4.78 is 15.0. The summed E-state index contributed by atoms with van der Waals surface area (Å²) in [7, 11) is 1.31. The molecule has 0 aliphatic heterocycles. The van der Waals surface area contributed by atoms with Gasteiger partial charge in [0.2, 0.25) is 0 Å². The molecule has 1 heterocycles. The van der Waals surface area contributed by atoms with Crippen molar-refractivity contribution in [2.75, 3.05) is 40.0 Å². The second-order valence-electron chi connectivity index (χ2n) is 6.63. The van der Waals surface area contributed by atoms with Crippen molar-refractivity contribution in [3.8, 4) is 5.75 Å². The average Bonchev–Trinajstić information content (AvgIpc) is 3.13. The first-order valence-electron chi connectivity index (χ1n) is 9.15. The first kappa shape index (κ1) is 21.9. The molecule has 8 heteroatoms. The Bertz CT molecular complexity index is 731. The fourth-order valence-electron chi connectivity index (χ4n) is 2.86. The monoisotopic (exact) mass is 392 g/mol. The van der Waals surface area contributed by atoms with E-state index in [-0.39, 0.29) is 19.1 Å². The molecule has 28 heavy (non-hydrogen) atoms. The van der Waals surface area contributed by atoms with Crippen molar-refractivity contribution in [1.29, 1.82) is 0 Å². The molecule has 2 atom stereocenters. The van der Waals surface area contributed by atoms with Gasteiger partial charge in [-0.05, 0) is 23.6 Å². The van der Waals surface area contributed by atoms with Gasteiger partial charge in [-0.1, -0.05) is 19.1 Å². The number of esters is 1. The lowest BCUT2D eigenvalue weighted by Crippen LogP contribution is -2.34. The van der Waals surface area contributed by atoms with Gasteiger partial charge >= 0.3 is 5.97 Å². The Balaban J connectivity index is 1.93. The lowest BCUT2D eigenvalue weighted by Gasteiger charge is -2.27. The molecule has 8 nitrogen and oxygen atoms in total. The van der Waals surface area contributed by atoms with E-state index in [4.69, 9.17) is 9.15 Å². The number of hydrogen-bond acceptors (Lipinski definition) is 8. The maximum Gasteiger partial charge on any atom is 0.343 e. The van der Waals surface area contributed by atoms with Crippen molar-refractivity contribution in [2.24, 2.45) is 0 Å². The maximum atomic E-state index is 11.1. The van der Waals surface area contributed by atoms with Crippen LogP contribution in [0.2, 0.25) is 0 Å². The first-order valence-corrected chi connectivity index (χ1v) is 9.15. The summed E-state index contributed by atoms with van der Waals surface area (Å²) in [5.74, 6) is 0.821. The van der Waals surface area contributed by atoms with Gasteiger partial charge in [0.15, 0.2) is 12.5 Å². The first-order chi connectivity index (χ1) is 13.4. The van der Waals surface area contributed by atoms with Gasteiger partial charge in [-0.25, -0.2) is 9.78 Å². The number of benzene rings is 1. The van der Waals surface area contributed by atoms with Gasteiger partial charge in [0, 0.05) is 26.6 Å². The summed E-state index contributed by atoms with van der Waals surface area (Å²) in [5.41, 5.74) is 1.57. The number of ether oxygens (including phenoxy) is 2. The topological polar surface area (TPSA) is 105 Å². The quantitative estimate of drug-likeness (QED) is 0.557. The van der Waals surface area contributed by atoms with Crippen LogP contribution in [0.4, 0.5) is 0 Å². The van der Waals surface area contributed by atoms with Crippen molar-refractivity contribution in [3.63, 3.8) is 0 Å². The Hall–Kier alpha value is -2.42. The molecule has 0 bridgehead atoms. The molecule has 1 aromatic carbocycles. The summed E-state index contributed by atoms with van der Waals surface area (Å²) in [6.45, 7) is 5.10. The highest BCUT2D eigenvalue weighted by molar-refractivity contribution is 5.70. The molecule has 0 fully saturated rings. The van der Waals surface area contributed by atoms with Crippen LogP contribution in [0.25, 0.3) is 0 Å². The van der Waals surface area contributed by atoms with Crippen LogP contribution < -0.4 is 4.74 Å². The predicted octanol–water partition coefficient (Wildman–Crippen LogP) is 1.67. The fraction of sp³-hybridized carbons (Fsp3) is 0.500. The van der Waals surface area contributed by atoms with E-state index in [1.165, 1.54) is 13.4 Å². The van der Waals surface area contributed by atoms with Gasteiger partial charge in [0.25, 0.3) is 0 Å². The lowest BCUT2D eigenvalue weighted by atomic mass is 10.00. The van der Waals surface area contributed by atoms with E-state index in [0.29, 0.717) is 37.0 Å². The minimum Gasteiger partial charge on any atom is -0.482 e. The van der Waals surface area contributed by atoms with Crippen LogP contribution in [0.5, 0.6) is 5.75 Å². The second-order valence-corrected chi connectivity index (χ2v) is 6.63. The molecule has 0 amide bonds. The van der Waals surface area contributed by atoms with Gasteiger partial charge in [-0.15, -0.1) is 0 Å². The molecule has 0 saturated carbocycles. The third-order valence-corrected chi connectivity index (χ3v) is 4.39. The van der Waals surface area contributed by atoms with Gasteiger partial charge in [-0.2, -0.15) is 0 Å². The van der Waals surface area contributed by atoms with Gasteiger partial charge < -0.3 is 24.1 Å². The average molecular weight is 392 g/mol. The molecule has 2 unspecified atom stereocenters. The molecule has 2 rings (SSSR count). The van der Waals surface area contributed by atoms with Gasteiger partial charge in [0.1, 0.15) is 23.8 Å². The number of carbonyl (C=O) groups excluding carboxylic acids is 1. The Morgan fingerprint density at radius 3 is 2.57 bits per heavy atom. The van der Waals surface area contributed by atoms with Crippen molar-refractivity contribution in [3.05, 3.63) is 47.7 Å². The van der Waals surface area contributed by atoms with E-state index in [1.54, 1.807) is 19.1 Å². The number of rotatable bonds is 11. The number of carbonyl (C=O) groups is 1. The van der Waals surface area contributed by atoms with Crippen molar-refractivity contribution >= 4 is 5.97 Å². The molecule has 154 valence electrons. The minimum absolute atomic E-state index is 0.00239. The normalized spacial score (nSPS) is 13.4. The number of hydrogen-bond donors (Lipinski definition) is 2. The highest BCUT2D eigenvalue weighted by atomic mass is 16.6. The Labute approximate surface area is 164 Å². The molecular weight excluding hydrogens is 364 g/mol. The summed E-state index contributed by atoms with van der Waals surface area (Å²) in [6.07, 6.45) is 0.665. The minimum atomic E-state index is -0.787. The third-order valence-electron chi connectivity index (χ3n) is 4.39. The van der Waals surface area contributed by atoms with Crippen LogP contribution >= 0.6 is 0 Å². The Kier molecular flexibility index (Phi) is 8.43. The SMILES string of the molecule is COC(=O)COc1ccc(C(C)CN(CCO)CC(O)c2coc(C)n2)cc1. The molecule has 0 spiro atoms. The van der Waals surface area contributed by atoms with Crippen LogP contribution in [-0.4, -0.2) is 66.0 Å². The highest BCUT2D eigenvalue weighted by Gasteiger charge is 2.19. The van der Waals surface area contributed by atoms with E-state index in [1.807, 2.05) is 17.0 Å². The molecule has 0 aliphatic rings. The fourth-order valence-corrected chi connectivity index (χ4v) is 2.86. The standard InChI is InChI=1S/C20H28N2O6/c1-14(16-4-6-17(7-5-16)28-13-20(25)26-3)10-22(8-9-23)11-19(24)18-12-27-15(2)21-18/h4-7,12,14,19,23-24H,8-11,13H2,1-3H3. The van der Waals surface area contributed by atoms with E-state index < -0.39 is 12.1 Å². The van der Waals surface area contributed by atoms with E-state index in [9.17, 15) is 15.0 Å². The summed E-state index contributed by atoms with van der Waals surface area (Å²) in [4.78, 5) is 17.3. The molecular formula is C20H28N2O6. The molecule has 0 saturated heterocycles. The van der Waals surface area contributed by atoms with Crippen molar-refractivity contribution in [2.45, 2.75) is 25.9 Å². The molecule has 0 aliphatic carbocycles. The lowest BCUT2D eigenvalue weighted by molar-refractivity contribution is -0.142. The zero-order valence-corrected chi connectivity index (χ0v) is 16.5. The number of aliphatic hydroxyl groups is 2. The number of aromatic nitrogens is 1. The van der Waals surface area contributed by atoms with Crippen LogP contribution in [0.15, 0.2) is 34.9 Å². The summed E-state index contributed by atoms with van der Waals surface area (Å²) >= 11 is 0. The Morgan fingerprint density at radius 1 is 1.29 bits per heavy atom. The number of aliphatic hydroxyl groups excluding tert-OH is 2. The number of aryl methyl sites for hydroxylation is 1. The largest absolute Gasteiger partial charge is 0.482 e. The van der Waals surface area contributed by atoms with Crippen molar-refractivity contribution < 1.29 is 28.9 Å². The number of methoxy groups -OCH3 is 1. The molecule has 0 radical (unpaired) electrons.